The fourth-order valence-corrected chi connectivity index (χ4v) is 2.48. The molecule has 0 fully saturated rings. The molecular formula is C18H32N4O8. The molecule has 0 spiro atoms. The number of unbranched alkanes of at least 4 members (excludes halogenated alkanes) is 1. The van der Waals surface area contributed by atoms with Crippen molar-refractivity contribution in [1.29, 1.82) is 0 Å². The summed E-state index contributed by atoms with van der Waals surface area (Å²) in [6.45, 7) is 3.16. The molecule has 3 amide bonds. The zero-order valence-electron chi connectivity index (χ0n) is 17.2. The summed E-state index contributed by atoms with van der Waals surface area (Å²) in [5.41, 5.74) is 5.43. The van der Waals surface area contributed by atoms with Gasteiger partial charge in [-0.1, -0.05) is 0 Å². The monoisotopic (exact) mass is 432 g/mol. The van der Waals surface area contributed by atoms with Crippen LogP contribution in [0.25, 0.3) is 0 Å². The molecule has 0 rings (SSSR count). The normalized spacial score (nSPS) is 14.7. The third-order valence-corrected chi connectivity index (χ3v) is 4.09. The predicted octanol–water partition coefficient (Wildman–Crippen LogP) is -1.69. The highest BCUT2D eigenvalue weighted by atomic mass is 16.4. The first-order valence-corrected chi connectivity index (χ1v) is 9.70. The molecule has 0 radical (unpaired) electrons. The Balaban J connectivity index is 4.94. The number of hydrogen-bond acceptors (Lipinski definition) is 7. The second-order valence-electron chi connectivity index (χ2n) is 7.02. The average Bonchev–Trinajstić information content (AvgIpc) is 2.62. The lowest BCUT2D eigenvalue weighted by Crippen LogP contribution is -2.54. The number of amides is 3. The van der Waals surface area contributed by atoms with Gasteiger partial charge in [-0.15, -0.1) is 0 Å². The number of carbonyl (C=O) groups excluding carboxylic acids is 3. The van der Waals surface area contributed by atoms with E-state index >= 15 is 0 Å². The van der Waals surface area contributed by atoms with Crippen LogP contribution in [0.4, 0.5) is 0 Å². The topological polar surface area (TPSA) is 208 Å². The van der Waals surface area contributed by atoms with Crippen molar-refractivity contribution < 1.29 is 39.3 Å². The van der Waals surface area contributed by atoms with Crippen molar-refractivity contribution >= 4 is 29.7 Å². The Kier molecular flexibility index (Phi) is 13.0. The van der Waals surface area contributed by atoms with Crippen LogP contribution in [-0.4, -0.2) is 75.8 Å². The van der Waals surface area contributed by atoms with Crippen LogP contribution in [0.2, 0.25) is 0 Å². The fraction of sp³-hybridized carbons (Fsp3) is 0.722. The van der Waals surface area contributed by atoms with E-state index in [2.05, 4.69) is 16.0 Å². The summed E-state index contributed by atoms with van der Waals surface area (Å²) < 4.78 is 0. The third kappa shape index (κ3) is 12.0. The van der Waals surface area contributed by atoms with Crippen molar-refractivity contribution in [2.45, 2.75) is 76.6 Å². The number of hydrogen-bond donors (Lipinski definition) is 7. The molecule has 0 saturated carbocycles. The number of carboxylic acid groups (broad SMARTS) is 2. The minimum Gasteiger partial charge on any atom is -0.481 e. The lowest BCUT2D eigenvalue weighted by atomic mass is 10.1. The van der Waals surface area contributed by atoms with Crippen molar-refractivity contribution in [2.24, 2.45) is 5.73 Å². The van der Waals surface area contributed by atoms with Gasteiger partial charge in [0.2, 0.25) is 17.7 Å². The molecule has 0 aromatic heterocycles. The van der Waals surface area contributed by atoms with Crippen LogP contribution in [-0.2, 0) is 24.0 Å². The SMILES string of the molecule is CC(O)CC(=O)NC(CCCCN)C(=O)NC(C)C(=O)NC(CCC(=O)O)C(=O)O. The summed E-state index contributed by atoms with van der Waals surface area (Å²) in [7, 11) is 0. The van der Waals surface area contributed by atoms with Gasteiger partial charge in [-0.2, -0.15) is 0 Å². The highest BCUT2D eigenvalue weighted by Gasteiger charge is 2.27. The van der Waals surface area contributed by atoms with E-state index in [0.717, 1.165) is 0 Å². The Labute approximate surface area is 174 Å². The van der Waals surface area contributed by atoms with E-state index in [1.54, 1.807) is 0 Å². The van der Waals surface area contributed by atoms with Crippen LogP contribution in [0.5, 0.6) is 0 Å². The van der Waals surface area contributed by atoms with Crippen molar-refractivity contribution in [3.8, 4) is 0 Å². The Morgan fingerprint density at radius 3 is 2.00 bits per heavy atom. The van der Waals surface area contributed by atoms with Crippen LogP contribution in [0.3, 0.4) is 0 Å². The smallest absolute Gasteiger partial charge is 0.326 e. The molecule has 0 saturated heterocycles. The lowest BCUT2D eigenvalue weighted by Gasteiger charge is -2.22. The summed E-state index contributed by atoms with van der Waals surface area (Å²) in [5, 5.41) is 34.2. The van der Waals surface area contributed by atoms with Crippen LogP contribution < -0.4 is 21.7 Å². The Morgan fingerprint density at radius 2 is 1.50 bits per heavy atom. The summed E-state index contributed by atoms with van der Waals surface area (Å²) in [6.07, 6.45) is -0.415. The van der Waals surface area contributed by atoms with E-state index in [9.17, 15) is 29.1 Å². The molecule has 0 aromatic rings. The van der Waals surface area contributed by atoms with Gasteiger partial charge in [-0.25, -0.2) is 4.79 Å². The maximum atomic E-state index is 12.5. The van der Waals surface area contributed by atoms with Gasteiger partial charge in [0, 0.05) is 6.42 Å². The van der Waals surface area contributed by atoms with Crippen LogP contribution in [0, 0.1) is 0 Å². The second-order valence-corrected chi connectivity index (χ2v) is 7.02. The van der Waals surface area contributed by atoms with E-state index in [4.69, 9.17) is 15.9 Å². The number of aliphatic carboxylic acids is 2. The minimum absolute atomic E-state index is 0.194. The number of aliphatic hydroxyl groups is 1. The molecule has 4 unspecified atom stereocenters. The van der Waals surface area contributed by atoms with E-state index < -0.39 is 60.3 Å². The number of nitrogens with two attached hydrogens (primary N) is 1. The largest absolute Gasteiger partial charge is 0.481 e. The van der Waals surface area contributed by atoms with E-state index in [-0.39, 0.29) is 19.3 Å². The van der Waals surface area contributed by atoms with E-state index in [1.807, 2.05) is 0 Å². The van der Waals surface area contributed by atoms with Crippen molar-refractivity contribution in [2.75, 3.05) is 6.54 Å². The van der Waals surface area contributed by atoms with Gasteiger partial charge in [0.15, 0.2) is 0 Å². The van der Waals surface area contributed by atoms with Crippen LogP contribution >= 0.6 is 0 Å². The standard InChI is InChI=1S/C18H32N4O8/c1-10(23)9-14(24)21-12(5-3-4-8-19)17(28)20-11(2)16(27)22-13(18(29)30)6-7-15(25)26/h10-13,23H,3-9,19H2,1-2H3,(H,20,28)(H,21,24)(H,22,27)(H,25,26)(H,29,30). The van der Waals surface area contributed by atoms with E-state index in [0.29, 0.717) is 19.4 Å². The molecule has 172 valence electrons. The van der Waals surface area contributed by atoms with Crippen molar-refractivity contribution in [1.82, 2.24) is 16.0 Å². The number of nitrogens with one attached hydrogen (secondary N) is 3. The molecule has 0 heterocycles. The Morgan fingerprint density at radius 1 is 0.867 bits per heavy atom. The summed E-state index contributed by atoms with van der Waals surface area (Å²) in [5.74, 6) is -4.59. The minimum atomic E-state index is -1.42. The number of carboxylic acids is 2. The number of carbonyl (C=O) groups is 5. The zero-order chi connectivity index (χ0) is 23.3. The molecular weight excluding hydrogens is 400 g/mol. The fourth-order valence-electron chi connectivity index (χ4n) is 2.48. The first-order chi connectivity index (χ1) is 14.0. The summed E-state index contributed by atoms with van der Waals surface area (Å²) in [4.78, 5) is 58.4. The second kappa shape index (κ2) is 14.3. The van der Waals surface area contributed by atoms with Gasteiger partial charge in [0.1, 0.15) is 18.1 Å². The molecule has 4 atom stereocenters. The van der Waals surface area contributed by atoms with Gasteiger partial charge < -0.3 is 37.0 Å². The molecule has 0 aromatic carbocycles. The average molecular weight is 432 g/mol. The van der Waals surface area contributed by atoms with Gasteiger partial charge in [0.25, 0.3) is 0 Å². The third-order valence-electron chi connectivity index (χ3n) is 4.09. The van der Waals surface area contributed by atoms with Gasteiger partial charge in [0.05, 0.1) is 12.5 Å². The lowest BCUT2D eigenvalue weighted by molar-refractivity contribution is -0.143. The molecule has 12 heteroatoms. The maximum absolute atomic E-state index is 12.5. The van der Waals surface area contributed by atoms with Crippen LogP contribution in [0.1, 0.15) is 52.4 Å². The highest BCUT2D eigenvalue weighted by molar-refractivity contribution is 5.93. The van der Waals surface area contributed by atoms with Gasteiger partial charge >= 0.3 is 11.9 Å². The molecule has 0 bridgehead atoms. The summed E-state index contributed by atoms with van der Waals surface area (Å²) >= 11 is 0. The molecule has 12 nitrogen and oxygen atoms in total. The molecule has 8 N–H and O–H groups in total. The van der Waals surface area contributed by atoms with Crippen LogP contribution in [0.15, 0.2) is 0 Å². The van der Waals surface area contributed by atoms with Crippen molar-refractivity contribution in [3.63, 3.8) is 0 Å². The maximum Gasteiger partial charge on any atom is 0.326 e. The number of aliphatic hydroxyl groups excluding tert-OH is 1. The molecule has 30 heavy (non-hydrogen) atoms. The number of rotatable bonds is 15. The molecule has 0 aliphatic carbocycles. The Hall–Kier alpha value is -2.73. The Bertz CT molecular complexity index is 611. The zero-order valence-corrected chi connectivity index (χ0v) is 17.2. The highest BCUT2D eigenvalue weighted by Crippen LogP contribution is 2.04. The van der Waals surface area contributed by atoms with Gasteiger partial charge in [-0.05, 0) is 46.1 Å². The quantitative estimate of drug-likeness (QED) is 0.147. The first-order valence-electron chi connectivity index (χ1n) is 9.70. The molecule has 0 aliphatic heterocycles. The summed E-state index contributed by atoms with van der Waals surface area (Å²) in [6, 6.07) is -3.51. The van der Waals surface area contributed by atoms with Gasteiger partial charge in [-0.3, -0.25) is 19.2 Å². The van der Waals surface area contributed by atoms with Crippen molar-refractivity contribution in [3.05, 3.63) is 0 Å². The first kappa shape index (κ1) is 27.3. The molecule has 0 aliphatic rings. The van der Waals surface area contributed by atoms with E-state index in [1.165, 1.54) is 13.8 Å². The predicted molar refractivity (Wildman–Crippen MR) is 105 cm³/mol.